The Hall–Kier alpha value is -1.68. The third-order valence-corrected chi connectivity index (χ3v) is 1.72. The minimum absolute atomic E-state index is 0.366. The average molecular weight is 178 g/mol. The molecule has 4 nitrogen and oxygen atoms in total. The number of carbonyl (C=O) groups excluding carboxylic acids is 1. The number of hydrogen-bond donors (Lipinski definition) is 3. The van der Waals surface area contributed by atoms with Crippen molar-refractivity contribution < 1.29 is 9.90 Å². The van der Waals surface area contributed by atoms with E-state index in [4.69, 9.17) is 11.1 Å². The number of rotatable bonds is 3. The molecule has 0 bridgehead atoms. The molecule has 0 saturated heterocycles. The van der Waals surface area contributed by atoms with Crippen LogP contribution in [0.3, 0.4) is 0 Å². The maximum absolute atomic E-state index is 10.7. The van der Waals surface area contributed by atoms with Crippen molar-refractivity contribution in [1.82, 2.24) is 0 Å². The summed E-state index contributed by atoms with van der Waals surface area (Å²) in [5.41, 5.74) is 5.79. The van der Waals surface area contributed by atoms with Gasteiger partial charge in [-0.3, -0.25) is 4.79 Å². The molecular formula is C9H10N2O2. The molecule has 1 aromatic carbocycles. The van der Waals surface area contributed by atoms with Gasteiger partial charge in [-0.1, -0.05) is 24.3 Å². The van der Waals surface area contributed by atoms with Gasteiger partial charge < -0.3 is 16.2 Å². The second-order valence-electron chi connectivity index (χ2n) is 2.58. The van der Waals surface area contributed by atoms with Gasteiger partial charge in [0.15, 0.2) is 6.10 Å². The molecule has 1 unspecified atom stereocenters. The Morgan fingerprint density at radius 2 is 2.15 bits per heavy atom. The molecule has 0 saturated carbocycles. The zero-order valence-electron chi connectivity index (χ0n) is 6.90. The van der Waals surface area contributed by atoms with Crippen molar-refractivity contribution in [3.63, 3.8) is 0 Å². The lowest BCUT2D eigenvalue weighted by molar-refractivity contribution is -0.126. The van der Waals surface area contributed by atoms with Crippen molar-refractivity contribution in [3.05, 3.63) is 35.4 Å². The van der Waals surface area contributed by atoms with E-state index in [-0.39, 0.29) is 0 Å². The summed E-state index contributed by atoms with van der Waals surface area (Å²) in [5.74, 6) is -0.811. The summed E-state index contributed by atoms with van der Waals surface area (Å²) in [6, 6.07) is 6.59. The Bertz CT molecular complexity index is 336. The maximum Gasteiger partial charge on any atom is 0.250 e. The van der Waals surface area contributed by atoms with Crippen LogP contribution in [0.2, 0.25) is 0 Å². The Morgan fingerprint density at radius 3 is 2.69 bits per heavy atom. The van der Waals surface area contributed by atoms with Crippen molar-refractivity contribution in [1.29, 1.82) is 5.41 Å². The molecule has 0 aliphatic carbocycles. The third-order valence-electron chi connectivity index (χ3n) is 1.72. The summed E-state index contributed by atoms with van der Waals surface area (Å²) >= 11 is 0. The summed E-state index contributed by atoms with van der Waals surface area (Å²) in [4.78, 5) is 10.7. The van der Waals surface area contributed by atoms with Crippen molar-refractivity contribution in [2.45, 2.75) is 6.10 Å². The Balaban J connectivity index is 3.12. The Kier molecular flexibility index (Phi) is 2.76. The number of hydrogen-bond acceptors (Lipinski definition) is 3. The van der Waals surface area contributed by atoms with E-state index in [1.54, 1.807) is 24.3 Å². The average Bonchev–Trinajstić information content (AvgIpc) is 2.16. The minimum Gasteiger partial charge on any atom is -0.378 e. The fraction of sp³-hybridized carbons (Fsp3) is 0.111. The first kappa shape index (κ1) is 9.41. The highest BCUT2D eigenvalue weighted by atomic mass is 16.3. The zero-order valence-corrected chi connectivity index (χ0v) is 6.90. The Morgan fingerprint density at radius 1 is 1.54 bits per heavy atom. The second kappa shape index (κ2) is 3.82. The van der Waals surface area contributed by atoms with Crippen molar-refractivity contribution in [2.75, 3.05) is 0 Å². The number of primary amides is 1. The summed E-state index contributed by atoms with van der Waals surface area (Å²) in [6.45, 7) is 0. The summed E-state index contributed by atoms with van der Waals surface area (Å²) in [5, 5.41) is 16.4. The predicted octanol–water partition coefficient (Wildman–Crippen LogP) is 0.203. The number of amides is 1. The molecule has 1 amide bonds. The van der Waals surface area contributed by atoms with E-state index >= 15 is 0 Å². The van der Waals surface area contributed by atoms with Crippen LogP contribution in [-0.4, -0.2) is 17.2 Å². The van der Waals surface area contributed by atoms with Gasteiger partial charge >= 0.3 is 0 Å². The smallest absolute Gasteiger partial charge is 0.250 e. The van der Waals surface area contributed by atoms with Crippen molar-refractivity contribution >= 4 is 12.1 Å². The highest BCUT2D eigenvalue weighted by Crippen LogP contribution is 2.15. The number of aliphatic hydroxyl groups excluding tert-OH is 1. The molecule has 0 heterocycles. The molecule has 68 valence electrons. The maximum atomic E-state index is 10.7. The summed E-state index contributed by atoms with van der Waals surface area (Å²) < 4.78 is 0. The van der Waals surface area contributed by atoms with Gasteiger partial charge in [0.25, 0.3) is 5.91 Å². The first-order chi connectivity index (χ1) is 6.16. The zero-order chi connectivity index (χ0) is 9.84. The fourth-order valence-corrected chi connectivity index (χ4v) is 1.04. The molecule has 13 heavy (non-hydrogen) atoms. The van der Waals surface area contributed by atoms with Crippen molar-refractivity contribution in [3.8, 4) is 0 Å². The van der Waals surface area contributed by atoms with Crippen molar-refractivity contribution in [2.24, 2.45) is 5.73 Å². The van der Waals surface area contributed by atoms with Crippen LogP contribution in [0.15, 0.2) is 24.3 Å². The number of nitrogens with one attached hydrogen (secondary N) is 1. The third kappa shape index (κ3) is 1.91. The number of carbonyl (C=O) groups is 1. The number of nitrogens with two attached hydrogens (primary N) is 1. The molecule has 4 heteroatoms. The van der Waals surface area contributed by atoms with Gasteiger partial charge in [0, 0.05) is 6.21 Å². The molecule has 1 rings (SSSR count). The van der Waals surface area contributed by atoms with E-state index in [9.17, 15) is 9.90 Å². The van der Waals surface area contributed by atoms with Gasteiger partial charge in [0.1, 0.15) is 0 Å². The van der Waals surface area contributed by atoms with Gasteiger partial charge in [0.05, 0.1) is 0 Å². The van der Waals surface area contributed by atoms with E-state index in [2.05, 4.69) is 0 Å². The minimum atomic E-state index is -1.34. The topological polar surface area (TPSA) is 87.2 Å². The molecule has 0 spiro atoms. The van der Waals surface area contributed by atoms with Gasteiger partial charge in [-0.15, -0.1) is 0 Å². The highest BCUT2D eigenvalue weighted by molar-refractivity contribution is 5.86. The SMILES string of the molecule is N=Cc1ccccc1C(O)C(N)=O. The van der Waals surface area contributed by atoms with E-state index in [0.29, 0.717) is 11.1 Å². The van der Waals surface area contributed by atoms with Gasteiger partial charge in [0.2, 0.25) is 0 Å². The monoisotopic (exact) mass is 178 g/mol. The quantitative estimate of drug-likeness (QED) is 0.577. The van der Waals surface area contributed by atoms with E-state index in [1.807, 2.05) is 0 Å². The van der Waals surface area contributed by atoms with Crippen LogP contribution in [0.1, 0.15) is 17.2 Å². The van der Waals surface area contributed by atoms with Crippen LogP contribution in [0.25, 0.3) is 0 Å². The van der Waals surface area contributed by atoms with Gasteiger partial charge in [-0.05, 0) is 11.1 Å². The lowest BCUT2D eigenvalue weighted by atomic mass is 10.0. The number of aliphatic hydroxyl groups is 1. The predicted molar refractivity (Wildman–Crippen MR) is 48.5 cm³/mol. The van der Waals surface area contributed by atoms with Crippen LogP contribution in [0.4, 0.5) is 0 Å². The van der Waals surface area contributed by atoms with Gasteiger partial charge in [-0.25, -0.2) is 0 Å². The molecule has 0 aliphatic heterocycles. The normalized spacial score (nSPS) is 12.1. The molecular weight excluding hydrogens is 168 g/mol. The lowest BCUT2D eigenvalue weighted by Gasteiger charge is -2.08. The molecule has 4 N–H and O–H groups in total. The van der Waals surface area contributed by atoms with E-state index in [0.717, 1.165) is 6.21 Å². The van der Waals surface area contributed by atoms with Crippen LogP contribution in [-0.2, 0) is 4.79 Å². The summed E-state index contributed by atoms with van der Waals surface area (Å²) in [6.07, 6.45) is -0.264. The molecule has 1 atom stereocenters. The summed E-state index contributed by atoms with van der Waals surface area (Å²) in [7, 11) is 0. The van der Waals surface area contributed by atoms with Crippen LogP contribution >= 0.6 is 0 Å². The molecule has 0 fully saturated rings. The standard InChI is InChI=1S/C9H10N2O2/c10-5-6-3-1-2-4-7(6)8(12)9(11)13/h1-5,8,10,12H,(H2,11,13). The van der Waals surface area contributed by atoms with Crippen LogP contribution < -0.4 is 5.73 Å². The molecule has 0 aromatic heterocycles. The first-order valence-electron chi connectivity index (χ1n) is 3.73. The highest BCUT2D eigenvalue weighted by Gasteiger charge is 2.15. The largest absolute Gasteiger partial charge is 0.378 e. The van der Waals surface area contributed by atoms with E-state index in [1.165, 1.54) is 0 Å². The van der Waals surface area contributed by atoms with E-state index < -0.39 is 12.0 Å². The lowest BCUT2D eigenvalue weighted by Crippen LogP contribution is -2.21. The first-order valence-corrected chi connectivity index (χ1v) is 3.73. The number of benzene rings is 1. The van der Waals surface area contributed by atoms with Gasteiger partial charge in [-0.2, -0.15) is 0 Å². The molecule has 0 radical (unpaired) electrons. The fourth-order valence-electron chi connectivity index (χ4n) is 1.04. The second-order valence-corrected chi connectivity index (χ2v) is 2.58. The Labute approximate surface area is 75.5 Å². The van der Waals surface area contributed by atoms with Crippen LogP contribution in [0.5, 0.6) is 0 Å². The molecule has 0 aliphatic rings. The van der Waals surface area contributed by atoms with Crippen LogP contribution in [0, 0.1) is 5.41 Å². The molecule has 1 aromatic rings.